The van der Waals surface area contributed by atoms with E-state index in [9.17, 15) is 0 Å². The molecule has 0 fully saturated rings. The van der Waals surface area contributed by atoms with E-state index in [4.69, 9.17) is 15.2 Å². The molecule has 90 valence electrons. The van der Waals surface area contributed by atoms with Gasteiger partial charge >= 0.3 is 0 Å². The summed E-state index contributed by atoms with van der Waals surface area (Å²) in [4.78, 5) is 0. The minimum atomic E-state index is 0.420. The number of nitrogens with zero attached hydrogens (tertiary/aromatic N) is 1. The Morgan fingerprint density at radius 1 is 1.24 bits per heavy atom. The van der Waals surface area contributed by atoms with Gasteiger partial charge in [0.15, 0.2) is 11.5 Å². The first-order valence-corrected chi connectivity index (χ1v) is 5.25. The van der Waals surface area contributed by atoms with Crippen molar-refractivity contribution in [3.05, 3.63) is 30.1 Å². The van der Waals surface area contributed by atoms with Gasteiger partial charge in [-0.15, -0.1) is 0 Å². The van der Waals surface area contributed by atoms with Crippen molar-refractivity contribution in [1.82, 2.24) is 10.2 Å². The molecule has 2 aromatic rings. The molecule has 0 atom stereocenters. The zero-order chi connectivity index (χ0) is 12.3. The third-order valence-electron chi connectivity index (χ3n) is 2.62. The molecule has 2 rings (SSSR count). The van der Waals surface area contributed by atoms with Crippen LogP contribution in [0.5, 0.6) is 11.5 Å². The van der Waals surface area contributed by atoms with E-state index in [1.807, 2.05) is 18.2 Å². The topological polar surface area (TPSA) is 73.2 Å². The number of ether oxygens (including phenoxy) is 2. The average molecular weight is 233 g/mol. The normalized spacial score (nSPS) is 10.3. The number of hydrogen-bond donors (Lipinski definition) is 2. The van der Waals surface area contributed by atoms with Crippen LogP contribution in [0.3, 0.4) is 0 Å². The summed E-state index contributed by atoms with van der Waals surface area (Å²) in [7, 11) is 3.22. The fourth-order valence-corrected chi connectivity index (χ4v) is 1.72. The van der Waals surface area contributed by atoms with Crippen LogP contribution in [0.25, 0.3) is 11.1 Å². The summed E-state index contributed by atoms with van der Waals surface area (Å²) in [5, 5.41) is 6.86. The Morgan fingerprint density at radius 3 is 2.65 bits per heavy atom. The highest BCUT2D eigenvalue weighted by molar-refractivity contribution is 5.68. The fourth-order valence-electron chi connectivity index (χ4n) is 1.72. The summed E-state index contributed by atoms with van der Waals surface area (Å²) >= 11 is 0. The molecule has 3 N–H and O–H groups in total. The Hall–Kier alpha value is -2.01. The molecule has 0 radical (unpaired) electrons. The molecule has 1 heterocycles. The van der Waals surface area contributed by atoms with Gasteiger partial charge in [0.2, 0.25) is 0 Å². The number of methoxy groups -OCH3 is 2. The summed E-state index contributed by atoms with van der Waals surface area (Å²) in [5.41, 5.74) is 8.51. The van der Waals surface area contributed by atoms with Crippen molar-refractivity contribution in [2.75, 3.05) is 14.2 Å². The highest BCUT2D eigenvalue weighted by Gasteiger charge is 2.10. The second kappa shape index (κ2) is 4.88. The smallest absolute Gasteiger partial charge is 0.161 e. The van der Waals surface area contributed by atoms with Crippen molar-refractivity contribution >= 4 is 0 Å². The van der Waals surface area contributed by atoms with Gasteiger partial charge in [-0.25, -0.2) is 0 Å². The molecule has 0 spiro atoms. The number of rotatable bonds is 4. The van der Waals surface area contributed by atoms with Crippen LogP contribution < -0.4 is 15.2 Å². The number of aromatic amines is 1. The van der Waals surface area contributed by atoms with Gasteiger partial charge in [-0.05, 0) is 17.7 Å². The van der Waals surface area contributed by atoms with Gasteiger partial charge in [0.1, 0.15) is 0 Å². The molecular formula is C12H15N3O2. The summed E-state index contributed by atoms with van der Waals surface area (Å²) < 4.78 is 10.5. The van der Waals surface area contributed by atoms with Crippen molar-refractivity contribution < 1.29 is 9.47 Å². The maximum atomic E-state index is 5.63. The SMILES string of the molecule is COc1ccc(-c2cn[nH]c2CN)cc1OC. The number of nitrogens with two attached hydrogens (primary N) is 1. The van der Waals surface area contributed by atoms with Gasteiger partial charge in [0.05, 0.1) is 26.1 Å². The summed E-state index contributed by atoms with van der Waals surface area (Å²) in [6.45, 7) is 0.420. The van der Waals surface area contributed by atoms with Gasteiger partial charge in [-0.1, -0.05) is 6.07 Å². The second-order valence-electron chi connectivity index (χ2n) is 3.54. The second-order valence-corrected chi connectivity index (χ2v) is 3.54. The molecule has 5 heteroatoms. The van der Waals surface area contributed by atoms with Crippen molar-refractivity contribution in [3.8, 4) is 22.6 Å². The number of benzene rings is 1. The van der Waals surface area contributed by atoms with E-state index in [0.717, 1.165) is 16.8 Å². The third kappa shape index (κ3) is 2.09. The van der Waals surface area contributed by atoms with E-state index in [0.29, 0.717) is 18.0 Å². The Bertz CT molecular complexity index is 508. The van der Waals surface area contributed by atoms with Crippen LogP contribution in [0.15, 0.2) is 24.4 Å². The highest BCUT2D eigenvalue weighted by atomic mass is 16.5. The van der Waals surface area contributed by atoms with Gasteiger partial charge in [-0.3, -0.25) is 5.10 Å². The maximum absolute atomic E-state index is 5.63. The molecule has 0 aliphatic carbocycles. The van der Waals surface area contributed by atoms with Crippen molar-refractivity contribution in [2.24, 2.45) is 5.73 Å². The van der Waals surface area contributed by atoms with Crippen LogP contribution in [0.1, 0.15) is 5.69 Å². The molecule has 0 aliphatic rings. The van der Waals surface area contributed by atoms with Crippen molar-refractivity contribution in [1.29, 1.82) is 0 Å². The Morgan fingerprint density at radius 2 is 2.00 bits per heavy atom. The number of nitrogens with one attached hydrogen (secondary N) is 1. The van der Waals surface area contributed by atoms with Gasteiger partial charge in [-0.2, -0.15) is 5.10 Å². The van der Waals surface area contributed by atoms with Crippen LogP contribution in [0.4, 0.5) is 0 Å². The lowest BCUT2D eigenvalue weighted by molar-refractivity contribution is 0.355. The lowest BCUT2D eigenvalue weighted by Crippen LogP contribution is -1.98. The summed E-state index contributed by atoms with van der Waals surface area (Å²) in [5.74, 6) is 1.39. The Balaban J connectivity index is 2.46. The van der Waals surface area contributed by atoms with E-state index in [2.05, 4.69) is 10.2 Å². The van der Waals surface area contributed by atoms with Gasteiger partial charge < -0.3 is 15.2 Å². The minimum absolute atomic E-state index is 0.420. The lowest BCUT2D eigenvalue weighted by atomic mass is 10.1. The van der Waals surface area contributed by atoms with Crippen LogP contribution in [0, 0.1) is 0 Å². The maximum Gasteiger partial charge on any atom is 0.161 e. The summed E-state index contributed by atoms with van der Waals surface area (Å²) in [6.07, 6.45) is 1.75. The van der Waals surface area contributed by atoms with Crippen LogP contribution in [0.2, 0.25) is 0 Å². The first-order valence-electron chi connectivity index (χ1n) is 5.25. The minimum Gasteiger partial charge on any atom is -0.493 e. The van der Waals surface area contributed by atoms with Crippen LogP contribution in [-0.4, -0.2) is 24.4 Å². The van der Waals surface area contributed by atoms with E-state index in [1.54, 1.807) is 20.4 Å². The molecule has 0 amide bonds. The third-order valence-corrected chi connectivity index (χ3v) is 2.62. The predicted octanol–water partition coefficient (Wildman–Crippen LogP) is 1.55. The predicted molar refractivity (Wildman–Crippen MR) is 65.0 cm³/mol. The molecule has 0 saturated carbocycles. The number of H-pyrrole nitrogens is 1. The molecule has 5 nitrogen and oxygen atoms in total. The summed E-state index contributed by atoms with van der Waals surface area (Å²) in [6, 6.07) is 5.72. The van der Waals surface area contributed by atoms with Gasteiger partial charge in [0, 0.05) is 12.1 Å². The standard InChI is InChI=1S/C12H15N3O2/c1-16-11-4-3-8(5-12(11)17-2)9-7-14-15-10(9)6-13/h3-5,7H,6,13H2,1-2H3,(H,14,15). The monoisotopic (exact) mass is 233 g/mol. The molecule has 0 saturated heterocycles. The first kappa shape index (κ1) is 11.5. The zero-order valence-corrected chi connectivity index (χ0v) is 9.86. The zero-order valence-electron chi connectivity index (χ0n) is 9.86. The molecule has 0 bridgehead atoms. The van der Waals surface area contributed by atoms with E-state index in [1.165, 1.54) is 0 Å². The molecule has 0 unspecified atom stereocenters. The quantitative estimate of drug-likeness (QED) is 0.840. The average Bonchev–Trinajstić information content (AvgIpc) is 2.86. The van der Waals surface area contributed by atoms with Crippen LogP contribution >= 0.6 is 0 Å². The lowest BCUT2D eigenvalue weighted by Gasteiger charge is -2.09. The van der Waals surface area contributed by atoms with Gasteiger partial charge in [0.25, 0.3) is 0 Å². The van der Waals surface area contributed by atoms with Crippen molar-refractivity contribution in [3.63, 3.8) is 0 Å². The van der Waals surface area contributed by atoms with Crippen molar-refractivity contribution in [2.45, 2.75) is 6.54 Å². The molecule has 1 aromatic heterocycles. The molecular weight excluding hydrogens is 218 g/mol. The number of hydrogen-bond acceptors (Lipinski definition) is 4. The largest absolute Gasteiger partial charge is 0.493 e. The van der Waals surface area contributed by atoms with E-state index in [-0.39, 0.29) is 0 Å². The molecule has 1 aromatic carbocycles. The molecule has 0 aliphatic heterocycles. The van der Waals surface area contributed by atoms with E-state index >= 15 is 0 Å². The first-order chi connectivity index (χ1) is 8.30. The van der Waals surface area contributed by atoms with E-state index < -0.39 is 0 Å². The number of aromatic nitrogens is 2. The molecule has 17 heavy (non-hydrogen) atoms. The Labute approximate surface area is 99.5 Å². The van der Waals surface area contributed by atoms with Crippen LogP contribution in [-0.2, 0) is 6.54 Å². The fraction of sp³-hybridized carbons (Fsp3) is 0.250. The Kier molecular flexibility index (Phi) is 3.30. The highest BCUT2D eigenvalue weighted by Crippen LogP contribution is 2.32.